The van der Waals surface area contributed by atoms with Gasteiger partial charge in [-0.25, -0.2) is 4.39 Å². The van der Waals surface area contributed by atoms with Gasteiger partial charge in [-0.05, 0) is 37.5 Å². The summed E-state index contributed by atoms with van der Waals surface area (Å²) in [5.74, 6) is 0.647. The molecule has 0 aliphatic heterocycles. The smallest absolute Gasteiger partial charge is 0.191 e. The van der Waals surface area contributed by atoms with Crippen LogP contribution < -0.4 is 10.6 Å². The monoisotopic (exact) mass is 457 g/mol. The molecule has 1 fully saturated rings. The molecule has 0 saturated heterocycles. The molecule has 7 heteroatoms. The van der Waals surface area contributed by atoms with Crippen molar-refractivity contribution >= 4 is 29.9 Å². The Kier molecular flexibility index (Phi) is 7.22. The maximum atomic E-state index is 14.1. The number of guanidine groups is 1. The van der Waals surface area contributed by atoms with E-state index < -0.39 is 0 Å². The van der Waals surface area contributed by atoms with Crippen molar-refractivity contribution < 1.29 is 4.39 Å². The third kappa shape index (κ3) is 5.17. The van der Waals surface area contributed by atoms with Crippen LogP contribution in [0.15, 0.2) is 47.7 Å². The minimum atomic E-state index is -0.129. The van der Waals surface area contributed by atoms with Gasteiger partial charge in [0.2, 0.25) is 0 Å². The van der Waals surface area contributed by atoms with Crippen molar-refractivity contribution in [3.8, 4) is 0 Å². The predicted molar refractivity (Wildman–Crippen MR) is 109 cm³/mol. The van der Waals surface area contributed by atoms with Gasteiger partial charge in [0.1, 0.15) is 5.82 Å². The largest absolute Gasteiger partial charge is 0.357 e. The van der Waals surface area contributed by atoms with E-state index in [0.717, 1.165) is 44.0 Å². The predicted octanol–water partition coefficient (Wildman–Crippen LogP) is 2.93. The number of benzene rings is 1. The quantitative estimate of drug-likeness (QED) is 0.382. The molecular formula is C18H25FIN5. The van der Waals surface area contributed by atoms with Crippen molar-refractivity contribution in [1.29, 1.82) is 0 Å². The molecule has 1 aliphatic rings. The van der Waals surface area contributed by atoms with Crippen molar-refractivity contribution in [3.63, 3.8) is 0 Å². The number of nitrogens with zero attached hydrogens (tertiary/aromatic N) is 3. The average molecular weight is 457 g/mol. The lowest BCUT2D eigenvalue weighted by molar-refractivity contribution is 0.570. The van der Waals surface area contributed by atoms with Gasteiger partial charge in [-0.1, -0.05) is 18.2 Å². The summed E-state index contributed by atoms with van der Waals surface area (Å²) >= 11 is 0. The standard InChI is InChI=1S/C18H24FN5.HI/c1-2-20-17(21-11-13-24-12-5-10-23-24)22-14-18(8-9-18)15-6-3-4-7-16(15)19;/h3-7,10,12H,2,8-9,11,13-14H2,1H3,(H2,20,21,22);1H. The number of nitrogens with one attached hydrogen (secondary N) is 2. The maximum Gasteiger partial charge on any atom is 0.191 e. The van der Waals surface area contributed by atoms with Gasteiger partial charge in [0, 0.05) is 30.9 Å². The van der Waals surface area contributed by atoms with Gasteiger partial charge < -0.3 is 10.6 Å². The zero-order chi connectivity index (χ0) is 16.8. The molecule has 1 aliphatic carbocycles. The Balaban J connectivity index is 0.00000225. The van der Waals surface area contributed by atoms with Gasteiger partial charge in [-0.3, -0.25) is 9.67 Å². The molecule has 2 N–H and O–H groups in total. The molecule has 5 nitrogen and oxygen atoms in total. The Morgan fingerprint density at radius 3 is 2.72 bits per heavy atom. The van der Waals surface area contributed by atoms with Gasteiger partial charge in [0.15, 0.2) is 5.96 Å². The molecule has 25 heavy (non-hydrogen) atoms. The van der Waals surface area contributed by atoms with Gasteiger partial charge in [0.25, 0.3) is 0 Å². The zero-order valence-corrected chi connectivity index (χ0v) is 16.7. The van der Waals surface area contributed by atoms with Crippen LogP contribution in [0.25, 0.3) is 0 Å². The van der Waals surface area contributed by atoms with Crippen molar-refractivity contribution in [2.45, 2.75) is 31.7 Å². The Bertz CT molecular complexity index is 683. The average Bonchev–Trinajstić information content (AvgIpc) is 3.19. The fourth-order valence-electron chi connectivity index (χ4n) is 2.85. The SMILES string of the molecule is CCNC(=NCC1(c2ccccc2F)CC1)NCCn1cccn1.I. The van der Waals surface area contributed by atoms with Crippen LogP contribution >= 0.6 is 24.0 Å². The Morgan fingerprint density at radius 2 is 2.08 bits per heavy atom. The summed E-state index contributed by atoms with van der Waals surface area (Å²) in [6, 6.07) is 8.96. The lowest BCUT2D eigenvalue weighted by atomic mass is 9.95. The van der Waals surface area contributed by atoms with Crippen molar-refractivity contribution in [3.05, 3.63) is 54.1 Å². The molecule has 2 aromatic rings. The number of hydrogen-bond donors (Lipinski definition) is 2. The minimum absolute atomic E-state index is 0. The second-order valence-corrected chi connectivity index (χ2v) is 6.15. The Morgan fingerprint density at radius 1 is 1.28 bits per heavy atom. The second kappa shape index (κ2) is 9.17. The molecule has 0 atom stereocenters. The fraction of sp³-hybridized carbons (Fsp3) is 0.444. The molecule has 0 bridgehead atoms. The molecule has 0 spiro atoms. The zero-order valence-electron chi connectivity index (χ0n) is 14.4. The van der Waals surface area contributed by atoms with E-state index in [4.69, 9.17) is 0 Å². The van der Waals surface area contributed by atoms with Gasteiger partial charge >= 0.3 is 0 Å². The van der Waals surface area contributed by atoms with Crippen LogP contribution in [0.2, 0.25) is 0 Å². The normalized spacial score (nSPS) is 15.4. The summed E-state index contributed by atoms with van der Waals surface area (Å²) in [5.41, 5.74) is 0.663. The molecule has 1 aromatic heterocycles. The number of aliphatic imine (C=N–C) groups is 1. The van der Waals surface area contributed by atoms with E-state index in [-0.39, 0.29) is 35.2 Å². The number of aromatic nitrogens is 2. The van der Waals surface area contributed by atoms with Crippen LogP contribution in [0, 0.1) is 5.82 Å². The Hall–Kier alpha value is -1.64. The Labute approximate surface area is 165 Å². The summed E-state index contributed by atoms with van der Waals surface area (Å²) in [5, 5.41) is 10.7. The maximum absolute atomic E-state index is 14.1. The van der Waals surface area contributed by atoms with Crippen molar-refractivity contribution in [2.24, 2.45) is 4.99 Å². The lowest BCUT2D eigenvalue weighted by Gasteiger charge is -2.16. The molecule has 0 radical (unpaired) electrons. The van der Waals surface area contributed by atoms with E-state index in [1.807, 2.05) is 36.0 Å². The lowest BCUT2D eigenvalue weighted by Crippen LogP contribution is -2.39. The molecule has 0 amide bonds. The van der Waals surface area contributed by atoms with Crippen molar-refractivity contribution in [2.75, 3.05) is 19.6 Å². The van der Waals surface area contributed by atoms with Gasteiger partial charge in [-0.15, -0.1) is 24.0 Å². The molecular weight excluding hydrogens is 432 g/mol. The van der Waals surface area contributed by atoms with Gasteiger partial charge in [0.05, 0.1) is 13.1 Å². The molecule has 1 saturated carbocycles. The molecule has 3 rings (SSSR count). The first-order chi connectivity index (χ1) is 11.7. The third-order valence-corrected chi connectivity index (χ3v) is 4.38. The van der Waals surface area contributed by atoms with E-state index in [1.54, 1.807) is 12.3 Å². The number of rotatable bonds is 7. The summed E-state index contributed by atoms with van der Waals surface area (Å²) < 4.78 is 15.9. The van der Waals surface area contributed by atoms with Crippen LogP contribution in [-0.4, -0.2) is 35.4 Å². The highest BCUT2D eigenvalue weighted by Crippen LogP contribution is 2.49. The first kappa shape index (κ1) is 19.7. The minimum Gasteiger partial charge on any atom is -0.357 e. The molecule has 136 valence electrons. The van der Waals surface area contributed by atoms with E-state index >= 15 is 0 Å². The molecule has 1 heterocycles. The van der Waals surface area contributed by atoms with E-state index in [2.05, 4.69) is 20.7 Å². The van der Waals surface area contributed by atoms with E-state index in [9.17, 15) is 4.39 Å². The van der Waals surface area contributed by atoms with Crippen LogP contribution in [0.3, 0.4) is 0 Å². The summed E-state index contributed by atoms with van der Waals surface area (Å²) in [7, 11) is 0. The van der Waals surface area contributed by atoms with Crippen LogP contribution in [-0.2, 0) is 12.0 Å². The van der Waals surface area contributed by atoms with E-state index in [0.29, 0.717) is 6.54 Å². The van der Waals surface area contributed by atoms with Gasteiger partial charge in [-0.2, -0.15) is 5.10 Å². The number of halogens is 2. The fourth-order valence-corrected chi connectivity index (χ4v) is 2.85. The topological polar surface area (TPSA) is 54.2 Å². The molecule has 1 aromatic carbocycles. The van der Waals surface area contributed by atoms with E-state index in [1.165, 1.54) is 6.07 Å². The third-order valence-electron chi connectivity index (χ3n) is 4.38. The summed E-state index contributed by atoms with van der Waals surface area (Å²) in [4.78, 5) is 4.68. The highest BCUT2D eigenvalue weighted by molar-refractivity contribution is 14.0. The summed E-state index contributed by atoms with van der Waals surface area (Å²) in [6.45, 7) is 4.94. The number of hydrogen-bond acceptors (Lipinski definition) is 2. The van der Waals surface area contributed by atoms with Crippen LogP contribution in [0.4, 0.5) is 4.39 Å². The highest BCUT2D eigenvalue weighted by atomic mass is 127. The molecule has 0 unspecified atom stereocenters. The first-order valence-electron chi connectivity index (χ1n) is 8.48. The van der Waals surface area contributed by atoms with Crippen molar-refractivity contribution in [1.82, 2.24) is 20.4 Å². The summed E-state index contributed by atoms with van der Waals surface area (Å²) in [6.07, 6.45) is 5.68. The first-order valence-corrected chi connectivity index (χ1v) is 8.48. The van der Waals surface area contributed by atoms with Crippen LogP contribution in [0.5, 0.6) is 0 Å². The second-order valence-electron chi connectivity index (χ2n) is 6.15. The van der Waals surface area contributed by atoms with Crippen LogP contribution in [0.1, 0.15) is 25.3 Å². The highest BCUT2D eigenvalue weighted by Gasteiger charge is 2.45.